The van der Waals surface area contributed by atoms with Crippen molar-refractivity contribution in [1.29, 1.82) is 0 Å². The highest BCUT2D eigenvalue weighted by molar-refractivity contribution is 5.82. The fourth-order valence-electron chi connectivity index (χ4n) is 1.53. The molecule has 8 heteroatoms. The molecule has 0 aromatic heterocycles. The number of rotatable bonds is 1. The van der Waals surface area contributed by atoms with Gasteiger partial charge in [-0.25, -0.2) is 0 Å². The van der Waals surface area contributed by atoms with Gasteiger partial charge in [0.25, 0.3) is 0 Å². The Morgan fingerprint density at radius 3 is 2.44 bits per heavy atom. The molecule has 2 amide bonds. The van der Waals surface area contributed by atoms with Crippen molar-refractivity contribution < 1.29 is 27.9 Å². The van der Waals surface area contributed by atoms with E-state index in [1.165, 1.54) is 0 Å². The molecule has 5 nitrogen and oxygen atoms in total. The van der Waals surface area contributed by atoms with Crippen molar-refractivity contribution in [2.45, 2.75) is 31.6 Å². The van der Waals surface area contributed by atoms with Gasteiger partial charge in [0, 0.05) is 6.54 Å². The molecule has 0 aromatic carbocycles. The standard InChI is InChI=1S/C8H11F3N2O3/c9-8(10,11)6(14)12-5-3-1-2-4-13(5)7(15)16/h5H,1-4H2,(H,12,14)(H,15,16)/p-1. The van der Waals surface area contributed by atoms with Crippen molar-refractivity contribution in [2.75, 3.05) is 6.54 Å². The second kappa shape index (κ2) is 4.58. The molecule has 1 N–H and O–H groups in total. The number of hydrogen-bond donors (Lipinski definition) is 1. The third-order valence-corrected chi connectivity index (χ3v) is 2.29. The molecule has 0 aliphatic carbocycles. The van der Waals surface area contributed by atoms with E-state index in [2.05, 4.69) is 0 Å². The summed E-state index contributed by atoms with van der Waals surface area (Å²) in [5.74, 6) is -2.13. The molecule has 1 saturated heterocycles. The Bertz CT molecular complexity index is 293. The lowest BCUT2D eigenvalue weighted by molar-refractivity contribution is -0.270. The molecule has 0 radical (unpaired) electrons. The van der Waals surface area contributed by atoms with Gasteiger partial charge in [0.05, 0.1) is 0 Å². The molecule has 1 unspecified atom stereocenters. The van der Waals surface area contributed by atoms with Gasteiger partial charge in [-0.1, -0.05) is 0 Å². The van der Waals surface area contributed by atoms with Crippen molar-refractivity contribution in [3.05, 3.63) is 0 Å². The predicted molar refractivity (Wildman–Crippen MR) is 43.9 cm³/mol. The lowest BCUT2D eigenvalue weighted by atomic mass is 10.1. The number of likely N-dealkylation sites (tertiary alicyclic amines) is 1. The lowest BCUT2D eigenvalue weighted by Gasteiger charge is -2.37. The predicted octanol–water partition coefficient (Wildman–Crippen LogP) is -0.180. The van der Waals surface area contributed by atoms with Crippen LogP contribution in [0.4, 0.5) is 18.0 Å². The summed E-state index contributed by atoms with van der Waals surface area (Å²) in [4.78, 5) is 21.9. The number of nitrogens with one attached hydrogen (secondary N) is 1. The quantitative estimate of drug-likeness (QED) is 0.689. The van der Waals surface area contributed by atoms with Gasteiger partial charge >= 0.3 is 12.1 Å². The van der Waals surface area contributed by atoms with Gasteiger partial charge in [0.15, 0.2) is 0 Å². The minimum Gasteiger partial charge on any atom is -0.530 e. The van der Waals surface area contributed by atoms with E-state index in [-0.39, 0.29) is 13.0 Å². The molecule has 0 spiro atoms. The number of carbonyl (C=O) groups excluding carboxylic acids is 2. The number of halogens is 3. The average molecular weight is 239 g/mol. The SMILES string of the molecule is O=C([O-])N1CCCCC1NC(=O)C(F)(F)F. The maximum atomic E-state index is 11.9. The molecule has 92 valence electrons. The summed E-state index contributed by atoms with van der Waals surface area (Å²) < 4.78 is 35.8. The first-order valence-electron chi connectivity index (χ1n) is 4.67. The Morgan fingerprint density at radius 2 is 1.94 bits per heavy atom. The number of alkyl halides is 3. The summed E-state index contributed by atoms with van der Waals surface area (Å²) in [7, 11) is 0. The van der Waals surface area contributed by atoms with Gasteiger partial charge in [0.2, 0.25) is 0 Å². The van der Waals surface area contributed by atoms with Crippen molar-refractivity contribution in [2.24, 2.45) is 0 Å². The Labute approximate surface area is 89.2 Å². The normalized spacial score (nSPS) is 21.7. The first-order valence-corrected chi connectivity index (χ1v) is 4.67. The molecule has 1 atom stereocenters. The van der Waals surface area contributed by atoms with Crippen LogP contribution < -0.4 is 10.4 Å². The molecule has 0 aromatic rings. The smallest absolute Gasteiger partial charge is 0.471 e. The summed E-state index contributed by atoms with van der Waals surface area (Å²) in [6, 6.07) is 0. The fourth-order valence-corrected chi connectivity index (χ4v) is 1.53. The zero-order valence-electron chi connectivity index (χ0n) is 8.21. The van der Waals surface area contributed by atoms with Gasteiger partial charge < -0.3 is 20.1 Å². The van der Waals surface area contributed by atoms with E-state index in [1.807, 2.05) is 0 Å². The van der Waals surface area contributed by atoms with Crippen molar-refractivity contribution >= 4 is 12.0 Å². The molecule has 1 aliphatic rings. The molecule has 16 heavy (non-hydrogen) atoms. The van der Waals surface area contributed by atoms with E-state index in [0.29, 0.717) is 17.7 Å². The van der Waals surface area contributed by atoms with Crippen LogP contribution in [0.25, 0.3) is 0 Å². The third-order valence-electron chi connectivity index (χ3n) is 2.29. The molecule has 0 bridgehead atoms. The van der Waals surface area contributed by atoms with Crippen LogP contribution in [0.5, 0.6) is 0 Å². The van der Waals surface area contributed by atoms with Crippen LogP contribution in [-0.2, 0) is 4.79 Å². The minimum absolute atomic E-state index is 0.0745. The Balaban J connectivity index is 2.63. The van der Waals surface area contributed by atoms with Crippen LogP contribution in [0.3, 0.4) is 0 Å². The van der Waals surface area contributed by atoms with Crippen LogP contribution in [0.1, 0.15) is 19.3 Å². The molecule has 1 fully saturated rings. The summed E-state index contributed by atoms with van der Waals surface area (Å²) in [6.45, 7) is 0.0745. The van der Waals surface area contributed by atoms with E-state index in [0.717, 1.165) is 0 Å². The Hall–Kier alpha value is -1.47. The third kappa shape index (κ3) is 3.01. The van der Waals surface area contributed by atoms with Gasteiger partial charge in [0.1, 0.15) is 12.3 Å². The highest BCUT2D eigenvalue weighted by Gasteiger charge is 2.40. The highest BCUT2D eigenvalue weighted by atomic mass is 19.4. The van der Waals surface area contributed by atoms with Crippen LogP contribution in [0.2, 0.25) is 0 Å². The van der Waals surface area contributed by atoms with Crippen LogP contribution >= 0.6 is 0 Å². The number of piperidine rings is 1. The zero-order valence-corrected chi connectivity index (χ0v) is 8.21. The summed E-state index contributed by atoms with van der Waals surface area (Å²) in [5, 5.41) is 12.2. The number of hydrogen-bond acceptors (Lipinski definition) is 3. The molecular formula is C8H10F3N2O3-. The second-order valence-electron chi connectivity index (χ2n) is 3.44. The topological polar surface area (TPSA) is 72.5 Å². The second-order valence-corrected chi connectivity index (χ2v) is 3.44. The maximum Gasteiger partial charge on any atom is 0.471 e. The Morgan fingerprint density at radius 1 is 1.31 bits per heavy atom. The zero-order chi connectivity index (χ0) is 12.3. The minimum atomic E-state index is -5.00. The van der Waals surface area contributed by atoms with Crippen LogP contribution in [0, 0.1) is 0 Å². The van der Waals surface area contributed by atoms with Gasteiger partial charge in [-0.2, -0.15) is 13.2 Å². The van der Waals surface area contributed by atoms with E-state index >= 15 is 0 Å². The van der Waals surface area contributed by atoms with E-state index in [9.17, 15) is 27.9 Å². The largest absolute Gasteiger partial charge is 0.530 e. The fraction of sp³-hybridized carbons (Fsp3) is 0.750. The maximum absolute atomic E-state index is 11.9. The first-order chi connectivity index (χ1) is 7.32. The van der Waals surface area contributed by atoms with E-state index in [4.69, 9.17) is 0 Å². The lowest BCUT2D eigenvalue weighted by Crippen LogP contribution is -2.58. The first kappa shape index (κ1) is 12.6. The number of nitrogens with zero attached hydrogens (tertiary/aromatic N) is 1. The van der Waals surface area contributed by atoms with Gasteiger partial charge in [-0.15, -0.1) is 0 Å². The van der Waals surface area contributed by atoms with Crippen LogP contribution in [0.15, 0.2) is 0 Å². The molecule has 1 rings (SSSR count). The van der Waals surface area contributed by atoms with E-state index in [1.54, 1.807) is 5.32 Å². The highest BCUT2D eigenvalue weighted by Crippen LogP contribution is 2.18. The number of amides is 2. The van der Waals surface area contributed by atoms with Crippen molar-refractivity contribution in [3.8, 4) is 0 Å². The van der Waals surface area contributed by atoms with E-state index < -0.39 is 24.3 Å². The number of carboxylic acid groups (broad SMARTS) is 1. The van der Waals surface area contributed by atoms with Gasteiger partial charge in [-0.05, 0) is 19.3 Å². The van der Waals surface area contributed by atoms with Crippen molar-refractivity contribution in [3.63, 3.8) is 0 Å². The molecule has 1 heterocycles. The summed E-state index contributed by atoms with van der Waals surface area (Å²) in [5.41, 5.74) is 0. The summed E-state index contributed by atoms with van der Waals surface area (Å²) >= 11 is 0. The van der Waals surface area contributed by atoms with Crippen LogP contribution in [-0.4, -0.2) is 35.8 Å². The Kier molecular flexibility index (Phi) is 3.61. The number of carbonyl (C=O) groups is 2. The monoisotopic (exact) mass is 239 g/mol. The molecule has 1 aliphatic heterocycles. The van der Waals surface area contributed by atoms with Gasteiger partial charge in [-0.3, -0.25) is 4.79 Å². The summed E-state index contributed by atoms with van der Waals surface area (Å²) in [6.07, 6.45) is -6.45. The average Bonchev–Trinajstić information content (AvgIpc) is 2.16. The molecule has 0 saturated carbocycles. The molecular weight excluding hydrogens is 229 g/mol. The van der Waals surface area contributed by atoms with Crippen molar-refractivity contribution in [1.82, 2.24) is 10.2 Å².